The van der Waals surface area contributed by atoms with Crippen LogP contribution in [0.4, 0.5) is 0 Å². The predicted octanol–water partition coefficient (Wildman–Crippen LogP) is 1.94. The molecule has 0 heterocycles. The summed E-state index contributed by atoms with van der Waals surface area (Å²) in [7, 11) is 0. The molecule has 0 aliphatic carbocycles. The van der Waals surface area contributed by atoms with Gasteiger partial charge in [-0.05, 0) is 20.8 Å². The fourth-order valence-electron chi connectivity index (χ4n) is 0.518. The first kappa shape index (κ1) is 13.0. The summed E-state index contributed by atoms with van der Waals surface area (Å²) in [6, 6.07) is 1.75. The third-order valence-corrected chi connectivity index (χ3v) is 0.803. The largest absolute Gasteiger partial charge is 0.353 e. The lowest BCUT2D eigenvalue weighted by Gasteiger charge is -2.09. The van der Waals surface area contributed by atoms with E-state index in [0.29, 0.717) is 0 Å². The van der Waals surface area contributed by atoms with Crippen molar-refractivity contribution in [1.82, 2.24) is 0 Å². The maximum atomic E-state index is 7.32. The Bertz CT molecular complexity index is 92.8. The summed E-state index contributed by atoms with van der Waals surface area (Å²) in [6.45, 7) is 8.68. The van der Waals surface area contributed by atoms with Crippen LogP contribution < -0.4 is 0 Å². The van der Waals surface area contributed by atoms with Gasteiger partial charge in [-0.1, -0.05) is 0 Å². The van der Waals surface area contributed by atoms with E-state index in [1.807, 2.05) is 20.8 Å². The zero-order chi connectivity index (χ0) is 9.11. The summed E-state index contributed by atoms with van der Waals surface area (Å²) in [6.07, 6.45) is -0.0370. The number of nitriles is 1. The van der Waals surface area contributed by atoms with E-state index in [9.17, 15) is 0 Å². The van der Waals surface area contributed by atoms with Gasteiger partial charge in [0.2, 0.25) is 0 Å². The Morgan fingerprint density at radius 3 is 1.73 bits per heavy atom. The normalized spacial score (nSPS) is 8.36. The molecule has 66 valence electrons. The molecule has 0 fully saturated rings. The van der Waals surface area contributed by atoms with Gasteiger partial charge in [-0.2, -0.15) is 5.26 Å². The van der Waals surface area contributed by atoms with Crippen molar-refractivity contribution in [3.8, 4) is 6.07 Å². The first-order valence-corrected chi connectivity index (χ1v) is 3.76. The van der Waals surface area contributed by atoms with Crippen LogP contribution in [-0.2, 0) is 9.47 Å². The molecule has 0 aromatic carbocycles. The highest BCUT2D eigenvalue weighted by molar-refractivity contribution is 4.51. The minimum Gasteiger partial charge on any atom is -0.353 e. The Morgan fingerprint density at radius 1 is 1.27 bits per heavy atom. The molecule has 0 N–H and O–H groups in total. The monoisotopic (exact) mass is 159 g/mol. The lowest BCUT2D eigenvalue weighted by Crippen LogP contribution is -2.11. The molecular formula is C8H17NO2. The molecule has 0 atom stereocenters. The van der Waals surface area contributed by atoms with Crippen molar-refractivity contribution in [3.63, 3.8) is 0 Å². The van der Waals surface area contributed by atoms with Gasteiger partial charge in [-0.25, -0.2) is 0 Å². The van der Waals surface area contributed by atoms with E-state index in [1.165, 1.54) is 6.92 Å². The highest BCUT2D eigenvalue weighted by Gasteiger charge is 1.94. The molecule has 0 saturated heterocycles. The van der Waals surface area contributed by atoms with E-state index >= 15 is 0 Å². The van der Waals surface area contributed by atoms with Gasteiger partial charge in [0.15, 0.2) is 6.29 Å². The average Bonchev–Trinajstić information content (AvgIpc) is 1.90. The van der Waals surface area contributed by atoms with Gasteiger partial charge in [0.1, 0.15) is 0 Å². The number of hydrogen-bond acceptors (Lipinski definition) is 3. The van der Waals surface area contributed by atoms with Crippen LogP contribution in [0.2, 0.25) is 0 Å². The van der Waals surface area contributed by atoms with Gasteiger partial charge in [-0.15, -0.1) is 0 Å². The molecule has 0 unspecified atom stereocenters. The van der Waals surface area contributed by atoms with Gasteiger partial charge >= 0.3 is 0 Å². The fraction of sp³-hybridized carbons (Fsp3) is 0.875. The summed E-state index contributed by atoms with van der Waals surface area (Å²) in [4.78, 5) is 0. The van der Waals surface area contributed by atoms with E-state index in [4.69, 9.17) is 14.7 Å². The van der Waals surface area contributed by atoms with Crippen molar-refractivity contribution < 1.29 is 9.47 Å². The molecule has 0 radical (unpaired) electrons. The van der Waals surface area contributed by atoms with E-state index in [2.05, 4.69) is 0 Å². The van der Waals surface area contributed by atoms with Gasteiger partial charge in [0, 0.05) is 20.1 Å². The lowest BCUT2D eigenvalue weighted by atomic mass is 10.7. The van der Waals surface area contributed by atoms with E-state index < -0.39 is 0 Å². The molecule has 0 aromatic rings. The van der Waals surface area contributed by atoms with Crippen LogP contribution in [0.15, 0.2) is 0 Å². The standard InChI is InChI=1S/C6H14O2.C2H3N/c1-4-7-6(3)8-5-2;1-2-3/h6H,4-5H2,1-3H3;1H3. The Kier molecular flexibility index (Phi) is 14.4. The van der Waals surface area contributed by atoms with Crippen LogP contribution in [0.5, 0.6) is 0 Å². The number of rotatable bonds is 4. The molecule has 3 heteroatoms. The molecule has 0 bridgehead atoms. The molecule has 3 nitrogen and oxygen atoms in total. The van der Waals surface area contributed by atoms with Crippen molar-refractivity contribution in [2.24, 2.45) is 0 Å². The van der Waals surface area contributed by atoms with Crippen LogP contribution in [0, 0.1) is 11.3 Å². The van der Waals surface area contributed by atoms with E-state index in [-0.39, 0.29) is 6.29 Å². The molecule has 0 saturated carbocycles. The van der Waals surface area contributed by atoms with Crippen LogP contribution in [0.25, 0.3) is 0 Å². The van der Waals surface area contributed by atoms with Crippen molar-refractivity contribution in [1.29, 1.82) is 5.26 Å². The van der Waals surface area contributed by atoms with Crippen molar-refractivity contribution in [2.45, 2.75) is 34.0 Å². The summed E-state index contributed by atoms with van der Waals surface area (Å²) in [5, 5.41) is 7.32. The van der Waals surface area contributed by atoms with Gasteiger partial charge in [0.05, 0.1) is 6.07 Å². The molecule has 11 heavy (non-hydrogen) atoms. The van der Waals surface area contributed by atoms with Crippen molar-refractivity contribution in [3.05, 3.63) is 0 Å². The maximum absolute atomic E-state index is 7.32. The summed E-state index contributed by atoms with van der Waals surface area (Å²) in [5.74, 6) is 0. The van der Waals surface area contributed by atoms with Crippen LogP contribution in [0.3, 0.4) is 0 Å². The average molecular weight is 159 g/mol. The second-order valence-electron chi connectivity index (χ2n) is 1.70. The summed E-state index contributed by atoms with van der Waals surface area (Å²) >= 11 is 0. The Hall–Kier alpha value is -0.590. The molecule has 0 amide bonds. The third-order valence-electron chi connectivity index (χ3n) is 0.803. The Balaban J connectivity index is 0. The molecule has 0 spiro atoms. The predicted molar refractivity (Wildman–Crippen MR) is 44.0 cm³/mol. The van der Waals surface area contributed by atoms with Gasteiger partial charge in [0.25, 0.3) is 0 Å². The van der Waals surface area contributed by atoms with Gasteiger partial charge < -0.3 is 9.47 Å². The van der Waals surface area contributed by atoms with E-state index in [0.717, 1.165) is 13.2 Å². The zero-order valence-corrected chi connectivity index (χ0v) is 7.76. The Labute approximate surface area is 68.9 Å². The topological polar surface area (TPSA) is 42.2 Å². The van der Waals surface area contributed by atoms with Crippen molar-refractivity contribution >= 4 is 0 Å². The minimum atomic E-state index is -0.0370. The highest BCUT2D eigenvalue weighted by Crippen LogP contribution is 1.90. The molecule has 0 rings (SSSR count). The summed E-state index contributed by atoms with van der Waals surface area (Å²) < 4.78 is 10.1. The number of ether oxygens (including phenoxy) is 2. The molecule has 0 aromatic heterocycles. The molecule has 0 aliphatic rings. The quantitative estimate of drug-likeness (QED) is 0.589. The van der Waals surface area contributed by atoms with Gasteiger partial charge in [-0.3, -0.25) is 0 Å². The second kappa shape index (κ2) is 12.1. The lowest BCUT2D eigenvalue weighted by molar-refractivity contribution is -0.123. The number of nitrogens with zero attached hydrogens (tertiary/aromatic N) is 1. The zero-order valence-electron chi connectivity index (χ0n) is 7.76. The highest BCUT2D eigenvalue weighted by atomic mass is 16.7. The number of hydrogen-bond donors (Lipinski definition) is 0. The second-order valence-corrected chi connectivity index (χ2v) is 1.70. The smallest absolute Gasteiger partial charge is 0.154 e. The van der Waals surface area contributed by atoms with Crippen molar-refractivity contribution in [2.75, 3.05) is 13.2 Å². The fourth-order valence-corrected chi connectivity index (χ4v) is 0.518. The van der Waals surface area contributed by atoms with Crippen LogP contribution >= 0.6 is 0 Å². The minimum absolute atomic E-state index is 0.0370. The van der Waals surface area contributed by atoms with E-state index in [1.54, 1.807) is 6.07 Å². The Morgan fingerprint density at radius 2 is 1.55 bits per heavy atom. The van der Waals surface area contributed by atoms with Crippen LogP contribution in [0.1, 0.15) is 27.7 Å². The first-order chi connectivity index (χ1) is 5.22. The van der Waals surface area contributed by atoms with Crippen LogP contribution in [-0.4, -0.2) is 19.5 Å². The molecular weight excluding hydrogens is 142 g/mol. The third kappa shape index (κ3) is 17.7. The maximum Gasteiger partial charge on any atom is 0.154 e. The first-order valence-electron chi connectivity index (χ1n) is 3.76. The SMILES string of the molecule is CC#N.CCOC(C)OCC. The summed E-state index contributed by atoms with van der Waals surface area (Å²) in [5.41, 5.74) is 0. The molecule has 0 aliphatic heterocycles.